The number of methoxy groups -OCH3 is 1. The molecule has 98 valence electrons. The second kappa shape index (κ2) is 5.74. The zero-order valence-corrected chi connectivity index (χ0v) is 10.5. The molecule has 0 saturated carbocycles. The highest BCUT2D eigenvalue weighted by Crippen LogP contribution is 2.10. The Kier molecular flexibility index (Phi) is 4.06. The number of aliphatic hydroxyl groups excluding tert-OH is 1. The molecule has 0 aliphatic heterocycles. The van der Waals surface area contributed by atoms with Crippen LogP contribution in [0.1, 0.15) is 12.1 Å². The minimum absolute atomic E-state index is 0.343. The molecule has 0 bridgehead atoms. The number of anilines is 1. The van der Waals surface area contributed by atoms with Gasteiger partial charge >= 0.3 is 0 Å². The van der Waals surface area contributed by atoms with Gasteiger partial charge in [0.25, 0.3) is 5.78 Å². The molecule has 2 aromatic heterocycles. The van der Waals surface area contributed by atoms with E-state index in [0.29, 0.717) is 25.4 Å². The van der Waals surface area contributed by atoms with Crippen LogP contribution in [0.5, 0.6) is 0 Å². The van der Waals surface area contributed by atoms with E-state index in [1.807, 2.05) is 13.0 Å². The van der Waals surface area contributed by atoms with E-state index in [2.05, 4.69) is 20.4 Å². The van der Waals surface area contributed by atoms with E-state index < -0.39 is 6.10 Å². The number of aromatic nitrogens is 4. The maximum atomic E-state index is 9.54. The van der Waals surface area contributed by atoms with Gasteiger partial charge in [0, 0.05) is 25.4 Å². The Hall–Kier alpha value is -1.73. The molecule has 0 spiro atoms. The standard InChI is InChI=1S/C11H17N5O2/c1-8-5-10(12-4-3-9(17)6-18-2)16-11(15-8)13-7-14-16/h5,7,9,12,17H,3-4,6H2,1-2H3. The third-order valence-electron chi connectivity index (χ3n) is 2.52. The average Bonchev–Trinajstić information content (AvgIpc) is 2.77. The van der Waals surface area contributed by atoms with Gasteiger partial charge < -0.3 is 15.2 Å². The van der Waals surface area contributed by atoms with Crippen LogP contribution in [0.4, 0.5) is 5.82 Å². The normalized spacial score (nSPS) is 12.8. The van der Waals surface area contributed by atoms with Gasteiger partial charge in [0.1, 0.15) is 12.1 Å². The number of hydrogen-bond donors (Lipinski definition) is 2. The fraction of sp³-hybridized carbons (Fsp3) is 0.545. The van der Waals surface area contributed by atoms with Gasteiger partial charge in [0.05, 0.1) is 12.7 Å². The van der Waals surface area contributed by atoms with Gasteiger partial charge in [0.15, 0.2) is 0 Å². The molecular formula is C11H17N5O2. The Bertz CT molecular complexity index is 513. The number of ether oxygens (including phenoxy) is 1. The topological polar surface area (TPSA) is 84.6 Å². The number of hydrogen-bond acceptors (Lipinski definition) is 6. The number of aryl methyl sites for hydroxylation is 1. The molecule has 2 aromatic rings. The van der Waals surface area contributed by atoms with Gasteiger partial charge in [-0.25, -0.2) is 4.98 Å². The van der Waals surface area contributed by atoms with Crippen LogP contribution in [-0.2, 0) is 4.74 Å². The lowest BCUT2D eigenvalue weighted by molar-refractivity contribution is 0.0615. The van der Waals surface area contributed by atoms with Gasteiger partial charge in [0.2, 0.25) is 0 Å². The summed E-state index contributed by atoms with van der Waals surface area (Å²) < 4.78 is 6.50. The summed E-state index contributed by atoms with van der Waals surface area (Å²) in [6, 6.07) is 1.89. The SMILES string of the molecule is COCC(O)CCNc1cc(C)nc2ncnn12. The first-order valence-electron chi connectivity index (χ1n) is 5.79. The van der Waals surface area contributed by atoms with Crippen molar-refractivity contribution in [3.8, 4) is 0 Å². The highest BCUT2D eigenvalue weighted by Gasteiger charge is 2.06. The second-order valence-electron chi connectivity index (χ2n) is 4.08. The molecule has 0 fully saturated rings. The predicted molar refractivity (Wildman–Crippen MR) is 66.5 cm³/mol. The van der Waals surface area contributed by atoms with E-state index in [0.717, 1.165) is 11.5 Å². The van der Waals surface area contributed by atoms with E-state index in [9.17, 15) is 5.11 Å². The first-order chi connectivity index (χ1) is 8.70. The first kappa shape index (κ1) is 12.7. The summed E-state index contributed by atoms with van der Waals surface area (Å²) in [7, 11) is 1.57. The number of nitrogens with one attached hydrogen (secondary N) is 1. The zero-order valence-electron chi connectivity index (χ0n) is 10.5. The fourth-order valence-corrected chi connectivity index (χ4v) is 1.70. The molecule has 0 amide bonds. The Balaban J connectivity index is 2.00. The Morgan fingerprint density at radius 1 is 1.56 bits per heavy atom. The summed E-state index contributed by atoms with van der Waals surface area (Å²) in [5, 5.41) is 16.8. The van der Waals surface area contributed by atoms with Gasteiger partial charge in [-0.1, -0.05) is 0 Å². The van der Waals surface area contributed by atoms with E-state index in [4.69, 9.17) is 4.74 Å². The Morgan fingerprint density at radius 3 is 3.17 bits per heavy atom. The number of nitrogens with zero attached hydrogens (tertiary/aromatic N) is 4. The van der Waals surface area contributed by atoms with E-state index in [1.165, 1.54) is 6.33 Å². The second-order valence-corrected chi connectivity index (χ2v) is 4.08. The van der Waals surface area contributed by atoms with Crippen molar-refractivity contribution in [2.75, 3.05) is 25.6 Å². The lowest BCUT2D eigenvalue weighted by Gasteiger charge is -2.11. The number of fused-ring (bicyclic) bond motifs is 1. The lowest BCUT2D eigenvalue weighted by Crippen LogP contribution is -2.19. The van der Waals surface area contributed by atoms with Crippen molar-refractivity contribution in [1.82, 2.24) is 19.6 Å². The predicted octanol–water partition coefficient (Wildman–Crippen LogP) is 0.242. The third-order valence-corrected chi connectivity index (χ3v) is 2.52. The molecule has 0 aromatic carbocycles. The minimum atomic E-state index is -0.461. The molecule has 2 N–H and O–H groups in total. The molecular weight excluding hydrogens is 234 g/mol. The first-order valence-corrected chi connectivity index (χ1v) is 5.79. The van der Waals surface area contributed by atoms with Crippen LogP contribution in [0.2, 0.25) is 0 Å². The van der Waals surface area contributed by atoms with E-state index in [-0.39, 0.29) is 0 Å². The van der Waals surface area contributed by atoms with Crippen molar-refractivity contribution in [1.29, 1.82) is 0 Å². The smallest absolute Gasteiger partial charge is 0.254 e. The van der Waals surface area contributed by atoms with E-state index >= 15 is 0 Å². The highest BCUT2D eigenvalue weighted by atomic mass is 16.5. The molecule has 0 radical (unpaired) electrons. The summed E-state index contributed by atoms with van der Waals surface area (Å²) in [6.45, 7) is 2.87. The Morgan fingerprint density at radius 2 is 2.39 bits per heavy atom. The van der Waals surface area contributed by atoms with Crippen molar-refractivity contribution in [3.63, 3.8) is 0 Å². The van der Waals surface area contributed by atoms with E-state index in [1.54, 1.807) is 11.6 Å². The summed E-state index contributed by atoms with van der Waals surface area (Å²) >= 11 is 0. The summed E-state index contributed by atoms with van der Waals surface area (Å²) in [5.41, 5.74) is 0.871. The van der Waals surface area contributed by atoms with Crippen molar-refractivity contribution >= 4 is 11.6 Å². The monoisotopic (exact) mass is 251 g/mol. The number of aliphatic hydroxyl groups is 1. The van der Waals surface area contributed by atoms with Crippen LogP contribution in [0, 0.1) is 6.92 Å². The van der Waals surface area contributed by atoms with Crippen LogP contribution in [0.3, 0.4) is 0 Å². The Labute approximate surface area is 105 Å². The van der Waals surface area contributed by atoms with Gasteiger partial charge in [-0.15, -0.1) is 0 Å². The lowest BCUT2D eigenvalue weighted by atomic mass is 10.2. The van der Waals surface area contributed by atoms with Crippen molar-refractivity contribution < 1.29 is 9.84 Å². The fourth-order valence-electron chi connectivity index (χ4n) is 1.70. The largest absolute Gasteiger partial charge is 0.391 e. The number of rotatable bonds is 6. The molecule has 2 heterocycles. The molecule has 0 aliphatic rings. The maximum absolute atomic E-state index is 9.54. The van der Waals surface area contributed by atoms with Crippen LogP contribution in [-0.4, -0.2) is 51.1 Å². The highest BCUT2D eigenvalue weighted by molar-refractivity contribution is 5.44. The minimum Gasteiger partial charge on any atom is -0.391 e. The molecule has 1 unspecified atom stereocenters. The quantitative estimate of drug-likeness (QED) is 0.765. The molecule has 0 saturated heterocycles. The van der Waals surface area contributed by atoms with Gasteiger partial charge in [-0.2, -0.15) is 14.6 Å². The van der Waals surface area contributed by atoms with Crippen molar-refractivity contribution in [3.05, 3.63) is 18.1 Å². The van der Waals surface area contributed by atoms with Crippen LogP contribution in [0.25, 0.3) is 5.78 Å². The maximum Gasteiger partial charge on any atom is 0.254 e. The molecule has 2 rings (SSSR count). The zero-order chi connectivity index (χ0) is 13.0. The van der Waals surface area contributed by atoms with Crippen molar-refractivity contribution in [2.24, 2.45) is 0 Å². The molecule has 7 heteroatoms. The van der Waals surface area contributed by atoms with Crippen LogP contribution in [0.15, 0.2) is 12.4 Å². The van der Waals surface area contributed by atoms with Gasteiger partial charge in [-0.3, -0.25) is 0 Å². The molecule has 1 atom stereocenters. The molecule has 18 heavy (non-hydrogen) atoms. The van der Waals surface area contributed by atoms with Crippen LogP contribution >= 0.6 is 0 Å². The third kappa shape index (κ3) is 2.93. The summed E-state index contributed by atoms with van der Waals surface area (Å²) in [6.07, 6.45) is 1.61. The average molecular weight is 251 g/mol. The summed E-state index contributed by atoms with van der Waals surface area (Å²) in [4.78, 5) is 8.29. The van der Waals surface area contributed by atoms with Crippen molar-refractivity contribution in [2.45, 2.75) is 19.4 Å². The summed E-state index contributed by atoms with van der Waals surface area (Å²) in [5.74, 6) is 1.38. The van der Waals surface area contributed by atoms with Gasteiger partial charge in [-0.05, 0) is 13.3 Å². The van der Waals surface area contributed by atoms with Crippen LogP contribution < -0.4 is 5.32 Å². The molecule has 0 aliphatic carbocycles. The molecule has 7 nitrogen and oxygen atoms in total.